The molecule has 1 aromatic carbocycles. The number of hydrogen-bond donors (Lipinski definition) is 1. The summed E-state index contributed by atoms with van der Waals surface area (Å²) in [7, 11) is 0. The maximum Gasteiger partial charge on any atom is 0.262 e. The Labute approximate surface area is 168 Å². The second kappa shape index (κ2) is 8.65. The van der Waals surface area contributed by atoms with Crippen molar-refractivity contribution in [3.05, 3.63) is 51.7 Å². The second-order valence-corrected chi connectivity index (χ2v) is 7.68. The lowest BCUT2D eigenvalue weighted by atomic mass is 9.86. The minimum atomic E-state index is -0.362. The first-order chi connectivity index (χ1) is 13.0. The normalized spacial score (nSPS) is 20.1. The lowest BCUT2D eigenvalue weighted by Gasteiger charge is -2.29. The number of carbonyl (C=O) groups is 1. The summed E-state index contributed by atoms with van der Waals surface area (Å²) >= 11 is 12.1. The van der Waals surface area contributed by atoms with Gasteiger partial charge in [-0.3, -0.25) is 4.79 Å². The fraction of sp³-hybridized carbons (Fsp3) is 0.333. The molecule has 1 aliphatic rings. The summed E-state index contributed by atoms with van der Waals surface area (Å²) in [6.45, 7) is 2.13. The molecule has 2 aromatic rings. The fourth-order valence-corrected chi connectivity index (χ4v) is 3.83. The molecule has 2 atom stereocenters. The van der Waals surface area contributed by atoms with Gasteiger partial charge in [-0.05, 0) is 49.1 Å². The van der Waals surface area contributed by atoms with Gasteiger partial charge >= 0.3 is 0 Å². The lowest BCUT2D eigenvalue weighted by molar-refractivity contribution is -0.118. The van der Waals surface area contributed by atoms with Gasteiger partial charge in [-0.25, -0.2) is 0 Å². The van der Waals surface area contributed by atoms with E-state index in [9.17, 15) is 10.1 Å². The van der Waals surface area contributed by atoms with Gasteiger partial charge in [0.25, 0.3) is 5.91 Å². The fourth-order valence-electron chi connectivity index (χ4n) is 3.33. The van der Waals surface area contributed by atoms with Crippen LogP contribution in [0.25, 0.3) is 17.4 Å². The minimum Gasteiger partial charge on any atom is -0.457 e. The summed E-state index contributed by atoms with van der Waals surface area (Å²) in [5, 5.41) is 13.4. The van der Waals surface area contributed by atoms with Gasteiger partial charge in [0.15, 0.2) is 0 Å². The average molecular weight is 403 g/mol. The predicted molar refractivity (Wildman–Crippen MR) is 107 cm³/mol. The van der Waals surface area contributed by atoms with Crippen LogP contribution in [0.2, 0.25) is 10.0 Å². The molecule has 4 nitrogen and oxygen atoms in total. The molecule has 0 aliphatic heterocycles. The predicted octanol–water partition coefficient (Wildman–Crippen LogP) is 5.86. The van der Waals surface area contributed by atoms with E-state index in [-0.39, 0.29) is 17.5 Å². The van der Waals surface area contributed by atoms with Crippen molar-refractivity contribution in [3.63, 3.8) is 0 Å². The van der Waals surface area contributed by atoms with E-state index in [1.807, 2.05) is 6.07 Å². The number of furan rings is 1. The van der Waals surface area contributed by atoms with Crippen LogP contribution in [0, 0.1) is 17.2 Å². The Morgan fingerprint density at radius 3 is 2.74 bits per heavy atom. The molecule has 1 fully saturated rings. The number of rotatable bonds is 4. The summed E-state index contributed by atoms with van der Waals surface area (Å²) in [6, 6.07) is 10.7. The number of carbonyl (C=O) groups excluding carboxylic acids is 1. The van der Waals surface area contributed by atoms with Gasteiger partial charge in [0.2, 0.25) is 0 Å². The van der Waals surface area contributed by atoms with E-state index < -0.39 is 0 Å². The molecule has 140 valence electrons. The van der Waals surface area contributed by atoms with Crippen molar-refractivity contribution >= 4 is 35.2 Å². The van der Waals surface area contributed by atoms with Crippen molar-refractivity contribution < 1.29 is 9.21 Å². The van der Waals surface area contributed by atoms with Crippen molar-refractivity contribution in [2.45, 2.75) is 38.6 Å². The lowest BCUT2D eigenvalue weighted by Crippen LogP contribution is -2.41. The number of amides is 1. The van der Waals surface area contributed by atoms with Crippen LogP contribution < -0.4 is 5.32 Å². The van der Waals surface area contributed by atoms with Crippen LogP contribution in [0.1, 0.15) is 38.4 Å². The van der Waals surface area contributed by atoms with Crippen LogP contribution >= 0.6 is 23.2 Å². The molecule has 0 bridgehead atoms. The molecule has 0 radical (unpaired) electrons. The van der Waals surface area contributed by atoms with Crippen LogP contribution in [-0.2, 0) is 4.79 Å². The average Bonchev–Trinajstić information content (AvgIpc) is 3.09. The highest BCUT2D eigenvalue weighted by atomic mass is 35.5. The van der Waals surface area contributed by atoms with E-state index >= 15 is 0 Å². The molecule has 0 saturated heterocycles. The van der Waals surface area contributed by atoms with Crippen molar-refractivity contribution in [2.75, 3.05) is 0 Å². The molecule has 1 heterocycles. The van der Waals surface area contributed by atoms with Crippen molar-refractivity contribution in [1.82, 2.24) is 5.32 Å². The Kier molecular flexibility index (Phi) is 6.26. The molecule has 0 unspecified atom stereocenters. The highest BCUT2D eigenvalue weighted by Gasteiger charge is 2.24. The molecular weight excluding hydrogens is 383 g/mol. The molecule has 1 aliphatic carbocycles. The first-order valence-electron chi connectivity index (χ1n) is 8.96. The monoisotopic (exact) mass is 402 g/mol. The van der Waals surface area contributed by atoms with Gasteiger partial charge in [-0.15, -0.1) is 0 Å². The second-order valence-electron chi connectivity index (χ2n) is 6.84. The topological polar surface area (TPSA) is 66.0 Å². The third-order valence-electron chi connectivity index (χ3n) is 4.90. The van der Waals surface area contributed by atoms with Gasteiger partial charge in [0.05, 0.1) is 5.02 Å². The first kappa shape index (κ1) is 19.5. The highest BCUT2D eigenvalue weighted by molar-refractivity contribution is 6.36. The molecule has 0 spiro atoms. The zero-order chi connectivity index (χ0) is 19.4. The summed E-state index contributed by atoms with van der Waals surface area (Å²) in [5.41, 5.74) is 0.718. The molecule has 1 amide bonds. The number of nitriles is 1. The minimum absolute atomic E-state index is 0.0240. The van der Waals surface area contributed by atoms with Crippen LogP contribution in [0.5, 0.6) is 0 Å². The van der Waals surface area contributed by atoms with Crippen LogP contribution in [0.4, 0.5) is 0 Å². The number of benzene rings is 1. The summed E-state index contributed by atoms with van der Waals surface area (Å²) in [4.78, 5) is 12.5. The largest absolute Gasteiger partial charge is 0.457 e. The third kappa shape index (κ3) is 4.74. The van der Waals surface area contributed by atoms with E-state index in [4.69, 9.17) is 27.6 Å². The summed E-state index contributed by atoms with van der Waals surface area (Å²) in [6.07, 6.45) is 5.79. The maximum atomic E-state index is 12.5. The molecule has 27 heavy (non-hydrogen) atoms. The van der Waals surface area contributed by atoms with Crippen molar-refractivity contribution in [1.29, 1.82) is 5.26 Å². The van der Waals surface area contributed by atoms with Crippen LogP contribution in [0.3, 0.4) is 0 Å². The van der Waals surface area contributed by atoms with Gasteiger partial charge in [-0.1, -0.05) is 43.0 Å². The number of halogens is 2. The molecule has 6 heteroatoms. The maximum absolute atomic E-state index is 12.5. The Morgan fingerprint density at radius 2 is 2.04 bits per heavy atom. The third-order valence-corrected chi connectivity index (χ3v) is 5.45. The first-order valence-corrected chi connectivity index (χ1v) is 9.71. The Balaban J connectivity index is 1.77. The number of hydrogen-bond acceptors (Lipinski definition) is 3. The highest BCUT2D eigenvalue weighted by Crippen LogP contribution is 2.32. The number of nitrogens with zero attached hydrogens (tertiary/aromatic N) is 1. The standard InChI is InChI=1S/C21H20Cl2N2O2/c1-13-4-2-3-5-19(13)25-21(26)14(12-24)10-16-7-9-20(27-16)17-8-6-15(22)11-18(17)23/h6-11,13,19H,2-5H2,1H3,(H,25,26)/b14-10+/t13-,19+/m0/s1. The SMILES string of the molecule is C[C@H]1CCCC[C@H]1NC(=O)/C(C#N)=C/c1ccc(-c2ccc(Cl)cc2Cl)o1. The van der Waals surface area contributed by atoms with E-state index in [1.54, 1.807) is 30.3 Å². The Hall–Kier alpha value is -2.22. The van der Waals surface area contributed by atoms with E-state index in [1.165, 1.54) is 12.5 Å². The van der Waals surface area contributed by atoms with E-state index in [2.05, 4.69) is 12.2 Å². The van der Waals surface area contributed by atoms with Crippen molar-refractivity contribution in [3.8, 4) is 17.4 Å². The van der Waals surface area contributed by atoms with Crippen LogP contribution in [0.15, 0.2) is 40.3 Å². The molecular formula is C21H20Cl2N2O2. The van der Waals surface area contributed by atoms with E-state index in [0.717, 1.165) is 19.3 Å². The summed E-state index contributed by atoms with van der Waals surface area (Å²) in [5.74, 6) is 1.02. The zero-order valence-corrected chi connectivity index (χ0v) is 16.5. The smallest absolute Gasteiger partial charge is 0.262 e. The summed E-state index contributed by atoms with van der Waals surface area (Å²) < 4.78 is 5.75. The molecule has 1 N–H and O–H groups in total. The quantitative estimate of drug-likeness (QED) is 0.514. The number of nitrogens with one attached hydrogen (secondary N) is 1. The zero-order valence-electron chi connectivity index (χ0n) is 15.0. The Morgan fingerprint density at radius 1 is 1.26 bits per heavy atom. The van der Waals surface area contributed by atoms with Crippen LogP contribution in [-0.4, -0.2) is 11.9 Å². The molecule has 1 aromatic heterocycles. The van der Waals surface area contributed by atoms with Gasteiger partial charge in [0.1, 0.15) is 23.2 Å². The van der Waals surface area contributed by atoms with E-state index in [0.29, 0.717) is 33.0 Å². The van der Waals surface area contributed by atoms with Gasteiger partial charge in [-0.2, -0.15) is 5.26 Å². The Bertz CT molecular complexity index is 911. The molecule has 3 rings (SSSR count). The van der Waals surface area contributed by atoms with Gasteiger partial charge in [0, 0.05) is 22.7 Å². The molecule has 1 saturated carbocycles. The van der Waals surface area contributed by atoms with Crippen molar-refractivity contribution in [2.24, 2.45) is 5.92 Å². The van der Waals surface area contributed by atoms with Gasteiger partial charge < -0.3 is 9.73 Å².